The predicted octanol–water partition coefficient (Wildman–Crippen LogP) is 19.0. The number of anilines is 3. The molecule has 1 unspecified atom stereocenters. The highest BCUT2D eigenvalue weighted by molar-refractivity contribution is 6.15. The molecule has 1 heteroatoms. The number of nitrogens with zero attached hydrogens (tertiary/aromatic N) is 1. The Morgan fingerprint density at radius 1 is 0.333 bits per heavy atom. The fourth-order valence-electron chi connectivity index (χ4n) is 14.5. The van der Waals surface area contributed by atoms with Crippen molar-refractivity contribution in [1.29, 1.82) is 0 Å². The van der Waals surface area contributed by atoms with E-state index in [4.69, 9.17) is 0 Å². The normalized spacial score (nSPS) is 17.0. The summed E-state index contributed by atoms with van der Waals surface area (Å²) in [4.78, 5) is 2.65. The number of hydrogen-bond acceptors (Lipinski definition) is 1. The van der Waals surface area contributed by atoms with Crippen molar-refractivity contribution >= 4 is 38.6 Å². The third-order valence-electron chi connectivity index (χ3n) is 17.7. The largest absolute Gasteiger partial charge is 0.310 e. The molecule has 1 nitrogen and oxygen atoms in total. The number of fused-ring (bicyclic) bond motifs is 17. The van der Waals surface area contributed by atoms with Gasteiger partial charge in [0.1, 0.15) is 0 Å². The van der Waals surface area contributed by atoms with Crippen LogP contribution in [0.3, 0.4) is 0 Å². The molecule has 0 heterocycles. The topological polar surface area (TPSA) is 3.24 Å². The van der Waals surface area contributed by atoms with Gasteiger partial charge in [0.15, 0.2) is 0 Å². The van der Waals surface area contributed by atoms with E-state index >= 15 is 0 Å². The third kappa shape index (κ3) is 5.49. The van der Waals surface area contributed by atoms with Gasteiger partial charge >= 0.3 is 0 Å². The molecular weight excluding hydrogens is 867 g/mol. The van der Waals surface area contributed by atoms with Crippen LogP contribution in [0.5, 0.6) is 0 Å². The van der Waals surface area contributed by atoms with Gasteiger partial charge in [0.25, 0.3) is 0 Å². The van der Waals surface area contributed by atoms with Gasteiger partial charge in [-0.2, -0.15) is 0 Å². The van der Waals surface area contributed by atoms with Gasteiger partial charge in [0.05, 0.1) is 11.1 Å². The van der Waals surface area contributed by atoms with Crippen LogP contribution in [0.2, 0.25) is 0 Å². The summed E-state index contributed by atoms with van der Waals surface area (Å²) in [5.74, 6) is 0. The Bertz CT molecular complexity index is 3900. The molecule has 0 amide bonds. The lowest BCUT2D eigenvalue weighted by atomic mass is 9.59. The van der Waals surface area contributed by atoms with Crippen molar-refractivity contribution in [2.24, 2.45) is 0 Å². The molecule has 0 aromatic heterocycles. The molecule has 10 aromatic rings. The Kier molecular flexibility index (Phi) is 8.64. The Morgan fingerprint density at radius 3 is 1.40 bits per heavy atom. The predicted molar refractivity (Wildman–Crippen MR) is 305 cm³/mol. The van der Waals surface area contributed by atoms with E-state index in [0.29, 0.717) is 0 Å². The molecule has 0 saturated heterocycles. The zero-order valence-electron chi connectivity index (χ0n) is 43.3. The highest BCUT2D eigenvalue weighted by atomic mass is 15.1. The van der Waals surface area contributed by atoms with Crippen LogP contribution in [0.4, 0.5) is 17.1 Å². The van der Waals surface area contributed by atoms with Crippen LogP contribution >= 0.6 is 0 Å². The highest BCUT2D eigenvalue weighted by Crippen LogP contribution is 2.67. The van der Waals surface area contributed by atoms with Crippen LogP contribution in [0.15, 0.2) is 188 Å². The summed E-state index contributed by atoms with van der Waals surface area (Å²) in [6, 6.07) is 73.4. The number of benzene rings is 10. The van der Waals surface area contributed by atoms with E-state index in [-0.39, 0.29) is 21.7 Å². The molecular formula is C71H61N. The zero-order chi connectivity index (χ0) is 49.4. The van der Waals surface area contributed by atoms with E-state index < -0.39 is 5.41 Å². The second kappa shape index (κ2) is 14.4. The molecule has 1 spiro atoms. The van der Waals surface area contributed by atoms with Gasteiger partial charge in [-0.05, 0) is 157 Å². The first-order chi connectivity index (χ1) is 34.5. The van der Waals surface area contributed by atoms with Gasteiger partial charge in [0.2, 0.25) is 0 Å². The quantitative estimate of drug-likeness (QED) is 0.171. The second-order valence-electron chi connectivity index (χ2n) is 24.4. The molecule has 0 N–H and O–H groups in total. The van der Waals surface area contributed by atoms with Gasteiger partial charge < -0.3 is 4.90 Å². The Labute approximate surface area is 425 Å². The first-order valence-electron chi connectivity index (χ1n) is 26.2. The molecule has 72 heavy (non-hydrogen) atoms. The summed E-state index contributed by atoms with van der Waals surface area (Å²) in [6.07, 6.45) is 0. The molecule has 4 aliphatic carbocycles. The van der Waals surface area contributed by atoms with Gasteiger partial charge in [-0.25, -0.2) is 0 Å². The van der Waals surface area contributed by atoms with Gasteiger partial charge in [0, 0.05) is 27.8 Å². The average molecular weight is 928 g/mol. The molecule has 0 bridgehead atoms. The van der Waals surface area contributed by atoms with Crippen LogP contribution < -0.4 is 4.90 Å². The Hall–Kier alpha value is -7.48. The van der Waals surface area contributed by atoms with Crippen molar-refractivity contribution < 1.29 is 0 Å². The van der Waals surface area contributed by atoms with E-state index in [2.05, 4.69) is 262 Å². The van der Waals surface area contributed by atoms with Crippen molar-refractivity contribution in [3.05, 3.63) is 244 Å². The average Bonchev–Trinajstić information content (AvgIpc) is 3.89. The number of rotatable bonds is 3. The van der Waals surface area contributed by atoms with E-state index in [1.165, 1.54) is 139 Å². The maximum absolute atomic E-state index is 2.65. The lowest BCUT2D eigenvalue weighted by Crippen LogP contribution is -2.34. The maximum atomic E-state index is 2.65. The van der Waals surface area contributed by atoms with E-state index in [0.717, 1.165) is 0 Å². The van der Waals surface area contributed by atoms with Crippen molar-refractivity contribution in [3.8, 4) is 44.5 Å². The second-order valence-corrected chi connectivity index (χ2v) is 24.4. The SMILES string of the molecule is CC(C)(C)c1cc2c(c3ccccc13)-c1cccc3c(C(C)(C)C)ccc(c13)C21c2ccccc2-c2cccc(N(c3ccc4c(c3)C(C)(C)c3ccccc3-4)c3ccc4c(c3)C(C)(C)c3ccccc3-4)c21. The standard InChI is InChI=1S/C71H61N/c1-67(2,3)54-37-38-58-65-52(54)27-19-28-53(65)64-50-25-12-11-23-46(50)59(68(4,5)6)41-62(64)71(58)57-31-18-15-24-47(57)51-26-20-32-63(66(51)71)72(42-33-35-48-44-21-13-16-29-55(44)69(7,8)60(48)39-42)43-34-36-49-45-22-14-17-30-56(45)70(9,10)61(49)40-43/h11-41H,1-10H3. The molecule has 4 aliphatic rings. The fourth-order valence-corrected chi connectivity index (χ4v) is 14.5. The first-order valence-corrected chi connectivity index (χ1v) is 26.2. The van der Waals surface area contributed by atoms with Gasteiger partial charge in [-0.1, -0.05) is 227 Å². The van der Waals surface area contributed by atoms with Crippen LogP contribution in [-0.4, -0.2) is 0 Å². The lowest BCUT2D eigenvalue weighted by Gasteiger charge is -2.44. The van der Waals surface area contributed by atoms with E-state index in [1.54, 1.807) is 0 Å². The van der Waals surface area contributed by atoms with Crippen LogP contribution in [0.25, 0.3) is 66.1 Å². The van der Waals surface area contributed by atoms with Gasteiger partial charge in [-0.3, -0.25) is 0 Å². The molecule has 14 rings (SSSR count). The van der Waals surface area contributed by atoms with Crippen LogP contribution in [0.1, 0.15) is 125 Å². The lowest BCUT2D eigenvalue weighted by molar-refractivity contribution is 0.592. The molecule has 0 radical (unpaired) electrons. The number of hydrogen-bond donors (Lipinski definition) is 0. The first kappa shape index (κ1) is 43.3. The van der Waals surface area contributed by atoms with Gasteiger partial charge in [-0.15, -0.1) is 0 Å². The van der Waals surface area contributed by atoms with Crippen molar-refractivity contribution in [2.75, 3.05) is 4.90 Å². The smallest absolute Gasteiger partial charge is 0.0746 e. The highest BCUT2D eigenvalue weighted by Gasteiger charge is 2.53. The summed E-state index contributed by atoms with van der Waals surface area (Å²) >= 11 is 0. The minimum Gasteiger partial charge on any atom is -0.310 e. The summed E-state index contributed by atoms with van der Waals surface area (Å²) in [5.41, 5.74) is 26.5. The minimum absolute atomic E-state index is 0.0712. The van der Waals surface area contributed by atoms with Crippen molar-refractivity contribution in [1.82, 2.24) is 0 Å². The molecule has 10 aromatic carbocycles. The summed E-state index contributed by atoms with van der Waals surface area (Å²) in [7, 11) is 0. The molecule has 0 fully saturated rings. The van der Waals surface area contributed by atoms with E-state index in [9.17, 15) is 0 Å². The molecule has 350 valence electrons. The fraction of sp³-hybridized carbons (Fsp3) is 0.211. The van der Waals surface area contributed by atoms with E-state index in [1.807, 2.05) is 0 Å². The van der Waals surface area contributed by atoms with Crippen LogP contribution in [0, 0.1) is 0 Å². The Balaban J connectivity index is 1.15. The third-order valence-corrected chi connectivity index (χ3v) is 17.7. The summed E-state index contributed by atoms with van der Waals surface area (Å²) in [6.45, 7) is 23.9. The van der Waals surface area contributed by atoms with Crippen molar-refractivity contribution in [2.45, 2.75) is 96.3 Å². The van der Waals surface area contributed by atoms with Crippen molar-refractivity contribution in [3.63, 3.8) is 0 Å². The molecule has 0 aliphatic heterocycles. The minimum atomic E-state index is -0.693. The molecule has 0 saturated carbocycles. The molecule has 1 atom stereocenters. The zero-order valence-corrected chi connectivity index (χ0v) is 43.3. The van der Waals surface area contributed by atoms with Crippen LogP contribution in [-0.2, 0) is 27.1 Å². The summed E-state index contributed by atoms with van der Waals surface area (Å²) < 4.78 is 0. The maximum Gasteiger partial charge on any atom is 0.0746 e. The monoisotopic (exact) mass is 927 g/mol. The summed E-state index contributed by atoms with van der Waals surface area (Å²) in [5, 5.41) is 5.35. The Morgan fingerprint density at radius 2 is 0.806 bits per heavy atom.